The van der Waals surface area contributed by atoms with Crippen LogP contribution in [0.1, 0.15) is 43.2 Å². The van der Waals surface area contributed by atoms with Gasteiger partial charge in [0.25, 0.3) is 11.5 Å². The molecule has 26 heavy (non-hydrogen) atoms. The second-order valence-corrected chi connectivity index (χ2v) is 6.80. The van der Waals surface area contributed by atoms with Crippen LogP contribution < -0.4 is 10.5 Å². The number of aromatic nitrogens is 4. The molecule has 1 aliphatic rings. The van der Waals surface area contributed by atoms with Crippen molar-refractivity contribution in [1.29, 1.82) is 0 Å². The molecular formula is C18H24N6O2. The van der Waals surface area contributed by atoms with E-state index in [1.807, 2.05) is 31.9 Å². The van der Waals surface area contributed by atoms with Crippen molar-refractivity contribution in [2.24, 2.45) is 0 Å². The number of carbonyl (C=O) groups excluding carboxylic acids is 1. The highest BCUT2D eigenvalue weighted by molar-refractivity contribution is 5.92. The van der Waals surface area contributed by atoms with Gasteiger partial charge in [0.15, 0.2) is 0 Å². The smallest absolute Gasteiger partial charge is 0.274 e. The quantitative estimate of drug-likeness (QED) is 0.822. The van der Waals surface area contributed by atoms with Gasteiger partial charge >= 0.3 is 0 Å². The van der Waals surface area contributed by atoms with Gasteiger partial charge in [-0.1, -0.05) is 0 Å². The molecule has 0 radical (unpaired) electrons. The Bertz CT molecular complexity index is 812. The van der Waals surface area contributed by atoms with Crippen LogP contribution in [0.15, 0.2) is 35.5 Å². The normalized spacial score (nSPS) is 15.3. The Balaban J connectivity index is 1.65. The largest absolute Gasteiger partial charge is 0.356 e. The SMILES string of the molecule is CC(C)n1nc(C(=O)N2CCC(N(C)c3ccncn3)CC2)ccc1=O. The monoisotopic (exact) mass is 356 g/mol. The van der Waals surface area contributed by atoms with Crippen molar-refractivity contribution in [3.8, 4) is 0 Å². The van der Waals surface area contributed by atoms with E-state index >= 15 is 0 Å². The van der Waals surface area contributed by atoms with Gasteiger partial charge < -0.3 is 9.80 Å². The average Bonchev–Trinajstić information content (AvgIpc) is 2.68. The summed E-state index contributed by atoms with van der Waals surface area (Å²) in [5, 5.41) is 4.23. The Kier molecular flexibility index (Phi) is 5.29. The summed E-state index contributed by atoms with van der Waals surface area (Å²) in [7, 11) is 2.02. The maximum absolute atomic E-state index is 12.7. The first kappa shape index (κ1) is 18.0. The van der Waals surface area contributed by atoms with Gasteiger partial charge in [0.2, 0.25) is 0 Å². The van der Waals surface area contributed by atoms with Gasteiger partial charge in [-0.15, -0.1) is 0 Å². The number of hydrogen-bond donors (Lipinski definition) is 0. The van der Waals surface area contributed by atoms with Gasteiger partial charge in [-0.2, -0.15) is 5.10 Å². The first-order chi connectivity index (χ1) is 12.5. The first-order valence-electron chi connectivity index (χ1n) is 8.85. The Morgan fingerprint density at radius 2 is 1.96 bits per heavy atom. The summed E-state index contributed by atoms with van der Waals surface area (Å²) in [6.45, 7) is 5.05. The Labute approximate surface area is 152 Å². The molecule has 0 aliphatic carbocycles. The van der Waals surface area contributed by atoms with Crippen molar-refractivity contribution in [2.75, 3.05) is 25.0 Å². The van der Waals surface area contributed by atoms with Crippen molar-refractivity contribution in [3.63, 3.8) is 0 Å². The zero-order valence-electron chi connectivity index (χ0n) is 15.4. The third kappa shape index (κ3) is 3.74. The van der Waals surface area contributed by atoms with Gasteiger partial charge in [0, 0.05) is 38.4 Å². The molecule has 3 rings (SSSR count). The lowest BCUT2D eigenvalue weighted by Crippen LogP contribution is -2.46. The van der Waals surface area contributed by atoms with Crippen LogP contribution in [-0.4, -0.2) is 56.7 Å². The highest BCUT2D eigenvalue weighted by Crippen LogP contribution is 2.20. The summed E-state index contributed by atoms with van der Waals surface area (Å²) in [6, 6.07) is 5.06. The average molecular weight is 356 g/mol. The fraction of sp³-hybridized carbons (Fsp3) is 0.500. The first-order valence-corrected chi connectivity index (χ1v) is 8.85. The lowest BCUT2D eigenvalue weighted by Gasteiger charge is -2.37. The molecule has 0 atom stereocenters. The number of amides is 1. The van der Waals surface area contributed by atoms with E-state index in [0.29, 0.717) is 24.8 Å². The van der Waals surface area contributed by atoms with E-state index in [0.717, 1.165) is 18.7 Å². The van der Waals surface area contributed by atoms with Gasteiger partial charge in [0.05, 0.1) is 6.04 Å². The highest BCUT2D eigenvalue weighted by atomic mass is 16.2. The Hall–Kier alpha value is -2.77. The maximum atomic E-state index is 12.7. The Morgan fingerprint density at radius 1 is 1.23 bits per heavy atom. The summed E-state index contributed by atoms with van der Waals surface area (Å²) >= 11 is 0. The second-order valence-electron chi connectivity index (χ2n) is 6.80. The second kappa shape index (κ2) is 7.63. The van der Waals surface area contributed by atoms with Crippen LogP contribution in [0.2, 0.25) is 0 Å². The predicted octanol–water partition coefficient (Wildman–Crippen LogP) is 1.36. The van der Waals surface area contributed by atoms with Crippen molar-refractivity contribution >= 4 is 11.7 Å². The number of rotatable bonds is 4. The molecule has 3 heterocycles. The van der Waals surface area contributed by atoms with Gasteiger partial charge in [-0.05, 0) is 38.8 Å². The van der Waals surface area contributed by atoms with Crippen LogP contribution in [-0.2, 0) is 0 Å². The summed E-state index contributed by atoms with van der Waals surface area (Å²) in [5.41, 5.74) is 0.127. The third-order valence-electron chi connectivity index (χ3n) is 4.76. The van der Waals surface area contributed by atoms with Crippen molar-refractivity contribution in [3.05, 3.63) is 46.8 Å². The minimum Gasteiger partial charge on any atom is -0.356 e. The number of carbonyl (C=O) groups is 1. The molecule has 2 aromatic heterocycles. The predicted molar refractivity (Wildman–Crippen MR) is 98.2 cm³/mol. The molecule has 1 saturated heterocycles. The standard InChI is InChI=1S/C18H24N6O2/c1-13(2)24-17(25)5-4-15(21-24)18(26)23-10-7-14(8-11-23)22(3)16-6-9-19-12-20-16/h4-6,9,12-14H,7-8,10-11H2,1-3H3. The van der Waals surface area contributed by atoms with Crippen LogP contribution in [0.5, 0.6) is 0 Å². The minimum absolute atomic E-state index is 0.0810. The van der Waals surface area contributed by atoms with E-state index in [1.54, 1.807) is 12.5 Å². The molecule has 0 N–H and O–H groups in total. The molecule has 0 spiro atoms. The van der Waals surface area contributed by atoms with E-state index in [1.165, 1.54) is 16.8 Å². The molecule has 1 aliphatic heterocycles. The number of nitrogens with zero attached hydrogens (tertiary/aromatic N) is 6. The highest BCUT2D eigenvalue weighted by Gasteiger charge is 2.27. The molecule has 1 fully saturated rings. The van der Waals surface area contributed by atoms with Gasteiger partial charge in [0.1, 0.15) is 17.8 Å². The van der Waals surface area contributed by atoms with Crippen LogP contribution in [0.3, 0.4) is 0 Å². The molecule has 2 aromatic rings. The van der Waals surface area contributed by atoms with Crippen LogP contribution >= 0.6 is 0 Å². The molecule has 0 aromatic carbocycles. The summed E-state index contributed by atoms with van der Waals surface area (Å²) < 4.78 is 1.35. The Morgan fingerprint density at radius 3 is 2.58 bits per heavy atom. The van der Waals surface area contributed by atoms with Crippen LogP contribution in [0.25, 0.3) is 0 Å². The summed E-state index contributed by atoms with van der Waals surface area (Å²) in [6.07, 6.45) is 4.98. The molecular weight excluding hydrogens is 332 g/mol. The molecule has 8 nitrogen and oxygen atoms in total. The number of anilines is 1. The molecule has 8 heteroatoms. The lowest BCUT2D eigenvalue weighted by atomic mass is 10.0. The van der Waals surface area contributed by atoms with Crippen molar-refractivity contribution < 1.29 is 4.79 Å². The topological polar surface area (TPSA) is 84.2 Å². The van der Waals surface area contributed by atoms with Crippen molar-refractivity contribution in [2.45, 2.75) is 38.8 Å². The molecule has 1 amide bonds. The van der Waals surface area contributed by atoms with E-state index in [2.05, 4.69) is 20.0 Å². The number of piperidine rings is 1. The minimum atomic E-state index is -0.193. The van der Waals surface area contributed by atoms with Crippen LogP contribution in [0.4, 0.5) is 5.82 Å². The zero-order chi connectivity index (χ0) is 18.7. The summed E-state index contributed by atoms with van der Waals surface area (Å²) in [4.78, 5) is 36.7. The fourth-order valence-corrected chi connectivity index (χ4v) is 3.21. The van der Waals surface area contributed by atoms with E-state index in [4.69, 9.17) is 0 Å². The maximum Gasteiger partial charge on any atom is 0.274 e. The third-order valence-corrected chi connectivity index (χ3v) is 4.76. The number of likely N-dealkylation sites (tertiary alicyclic amines) is 1. The van der Waals surface area contributed by atoms with E-state index in [-0.39, 0.29) is 17.5 Å². The summed E-state index contributed by atoms with van der Waals surface area (Å²) in [5.74, 6) is 0.762. The van der Waals surface area contributed by atoms with Crippen molar-refractivity contribution in [1.82, 2.24) is 24.6 Å². The lowest BCUT2D eigenvalue weighted by molar-refractivity contribution is 0.0704. The molecule has 0 unspecified atom stereocenters. The van der Waals surface area contributed by atoms with E-state index in [9.17, 15) is 9.59 Å². The zero-order valence-corrected chi connectivity index (χ0v) is 15.4. The van der Waals surface area contributed by atoms with E-state index < -0.39 is 0 Å². The van der Waals surface area contributed by atoms with Gasteiger partial charge in [-0.25, -0.2) is 14.6 Å². The molecule has 138 valence electrons. The molecule has 0 saturated carbocycles. The number of hydrogen-bond acceptors (Lipinski definition) is 6. The van der Waals surface area contributed by atoms with Crippen LogP contribution in [0, 0.1) is 0 Å². The fourth-order valence-electron chi connectivity index (χ4n) is 3.21. The van der Waals surface area contributed by atoms with Gasteiger partial charge in [-0.3, -0.25) is 9.59 Å². The molecule has 0 bridgehead atoms.